The van der Waals surface area contributed by atoms with Crippen LogP contribution in [0.15, 0.2) is 35.5 Å². The lowest BCUT2D eigenvalue weighted by Crippen LogP contribution is -2.50. The van der Waals surface area contributed by atoms with Gasteiger partial charge >= 0.3 is 0 Å². The average molecular weight is 438 g/mol. The molecule has 0 aromatic rings. The summed E-state index contributed by atoms with van der Waals surface area (Å²) >= 11 is 2.36. The van der Waals surface area contributed by atoms with Crippen molar-refractivity contribution in [3.8, 4) is 0 Å². The maximum atomic E-state index is 2.91. The molecule has 1 heterocycles. The Kier molecular flexibility index (Phi) is 5.93. The van der Waals surface area contributed by atoms with Crippen LogP contribution in [0.25, 0.3) is 0 Å². The Morgan fingerprint density at radius 3 is 2.77 bits per heavy atom. The largest absolute Gasteiger partial charge is 0.300 e. The molecule has 0 radical (unpaired) electrons. The first-order chi connectivity index (χ1) is 15.2. The van der Waals surface area contributed by atoms with Crippen molar-refractivity contribution < 1.29 is 0 Å². The molecular weight excluding hydrogens is 394 g/mol. The van der Waals surface area contributed by atoms with E-state index < -0.39 is 0 Å². The highest BCUT2D eigenvalue weighted by molar-refractivity contribution is 8.01. The third-order valence-electron chi connectivity index (χ3n) is 10.5. The monoisotopic (exact) mass is 437 g/mol. The van der Waals surface area contributed by atoms with Crippen LogP contribution in [0.4, 0.5) is 0 Å². The van der Waals surface area contributed by atoms with Gasteiger partial charge in [0.25, 0.3) is 0 Å². The number of thioether (sulfide) groups is 1. The van der Waals surface area contributed by atoms with Gasteiger partial charge in [0, 0.05) is 22.6 Å². The van der Waals surface area contributed by atoms with E-state index in [2.05, 4.69) is 54.9 Å². The maximum Gasteiger partial charge on any atom is 0.0262 e. The van der Waals surface area contributed by atoms with Crippen molar-refractivity contribution >= 4 is 11.8 Å². The lowest BCUT2D eigenvalue weighted by Gasteiger charge is -2.52. The third kappa shape index (κ3) is 3.72. The number of fused-ring (bicyclic) bond motifs is 6. The zero-order valence-corrected chi connectivity index (χ0v) is 20.7. The van der Waals surface area contributed by atoms with Gasteiger partial charge in [-0.05, 0) is 107 Å². The fourth-order valence-electron chi connectivity index (χ4n) is 8.81. The van der Waals surface area contributed by atoms with Gasteiger partial charge in [0.1, 0.15) is 0 Å². The van der Waals surface area contributed by atoms with Crippen molar-refractivity contribution in [3.05, 3.63) is 35.5 Å². The minimum atomic E-state index is 0.829. The Labute approximate surface area is 195 Å². The normalized spacial score (nSPS) is 46.5. The first kappa shape index (κ1) is 21.1. The van der Waals surface area contributed by atoms with Gasteiger partial charge in [0.15, 0.2) is 0 Å². The molecule has 1 saturated heterocycles. The molecule has 3 saturated carbocycles. The molecular formula is C29H43NS. The van der Waals surface area contributed by atoms with Crippen LogP contribution in [0.5, 0.6) is 0 Å². The Bertz CT molecular complexity index is 765. The van der Waals surface area contributed by atoms with E-state index in [1.807, 2.05) is 5.57 Å². The van der Waals surface area contributed by atoms with Gasteiger partial charge < -0.3 is 4.90 Å². The highest BCUT2D eigenvalue weighted by Crippen LogP contribution is 2.55. The minimum absolute atomic E-state index is 0.829. The summed E-state index contributed by atoms with van der Waals surface area (Å²) in [4.78, 5) is 2.91. The number of rotatable bonds is 3. The fraction of sp³-hybridized carbons (Fsp3) is 0.793. The summed E-state index contributed by atoms with van der Waals surface area (Å²) in [6.07, 6.45) is 27.1. The molecule has 2 heteroatoms. The van der Waals surface area contributed by atoms with Crippen molar-refractivity contribution in [2.24, 2.45) is 29.6 Å². The SMILES string of the molecule is CCC1CC2=CC=CCC2C2CC(N(C)C3CCC4SC5CCCC=C5C4C3)CCC12. The van der Waals surface area contributed by atoms with E-state index in [4.69, 9.17) is 0 Å². The molecule has 9 atom stereocenters. The van der Waals surface area contributed by atoms with Crippen molar-refractivity contribution in [2.75, 3.05) is 7.05 Å². The van der Waals surface area contributed by atoms with Crippen LogP contribution in [0.2, 0.25) is 0 Å². The Morgan fingerprint density at radius 1 is 1.00 bits per heavy atom. The van der Waals surface area contributed by atoms with Gasteiger partial charge in [-0.1, -0.05) is 48.8 Å². The van der Waals surface area contributed by atoms with Gasteiger partial charge in [0.05, 0.1) is 0 Å². The molecule has 0 aromatic carbocycles. The van der Waals surface area contributed by atoms with E-state index in [1.54, 1.807) is 5.57 Å². The molecule has 0 aromatic heterocycles. The van der Waals surface area contributed by atoms with Crippen LogP contribution in [-0.4, -0.2) is 34.5 Å². The first-order valence-electron chi connectivity index (χ1n) is 13.7. The summed E-state index contributed by atoms with van der Waals surface area (Å²) in [7, 11) is 2.52. The predicted octanol–water partition coefficient (Wildman–Crippen LogP) is 7.40. The molecule has 4 fully saturated rings. The van der Waals surface area contributed by atoms with Crippen molar-refractivity contribution in [3.63, 3.8) is 0 Å². The van der Waals surface area contributed by atoms with E-state index in [-0.39, 0.29) is 0 Å². The van der Waals surface area contributed by atoms with Crippen LogP contribution >= 0.6 is 11.8 Å². The van der Waals surface area contributed by atoms with E-state index in [9.17, 15) is 0 Å². The van der Waals surface area contributed by atoms with Gasteiger partial charge in [0.2, 0.25) is 0 Å². The Morgan fingerprint density at radius 2 is 1.87 bits per heavy atom. The van der Waals surface area contributed by atoms with E-state index in [1.165, 1.54) is 77.0 Å². The van der Waals surface area contributed by atoms with Crippen molar-refractivity contribution in [1.29, 1.82) is 0 Å². The smallest absolute Gasteiger partial charge is 0.0262 e. The highest BCUT2D eigenvalue weighted by atomic mass is 32.2. The predicted molar refractivity (Wildman–Crippen MR) is 134 cm³/mol. The topological polar surface area (TPSA) is 3.24 Å². The second-order valence-electron chi connectivity index (χ2n) is 11.7. The summed E-state index contributed by atoms with van der Waals surface area (Å²) in [5.74, 6) is 4.67. The zero-order chi connectivity index (χ0) is 20.9. The summed E-state index contributed by atoms with van der Waals surface area (Å²) in [5.41, 5.74) is 3.68. The molecule has 170 valence electrons. The van der Waals surface area contributed by atoms with E-state index in [0.29, 0.717) is 0 Å². The maximum absolute atomic E-state index is 2.91. The second kappa shape index (κ2) is 8.71. The Hall–Kier alpha value is -0.470. The molecule has 1 aliphatic heterocycles. The number of hydrogen-bond donors (Lipinski definition) is 0. The van der Waals surface area contributed by atoms with Crippen molar-refractivity contribution in [2.45, 2.75) is 107 Å². The summed E-state index contributed by atoms with van der Waals surface area (Å²) < 4.78 is 0. The van der Waals surface area contributed by atoms with Gasteiger partial charge in [-0.25, -0.2) is 0 Å². The first-order valence-corrected chi connectivity index (χ1v) is 14.6. The van der Waals surface area contributed by atoms with Crippen LogP contribution in [-0.2, 0) is 0 Å². The number of nitrogens with zero attached hydrogens (tertiary/aromatic N) is 1. The summed E-state index contributed by atoms with van der Waals surface area (Å²) in [6.45, 7) is 2.45. The van der Waals surface area contributed by atoms with Crippen LogP contribution in [0, 0.1) is 29.6 Å². The van der Waals surface area contributed by atoms with Crippen molar-refractivity contribution in [1.82, 2.24) is 4.90 Å². The minimum Gasteiger partial charge on any atom is -0.300 e. The molecule has 0 bridgehead atoms. The molecule has 6 rings (SSSR count). The second-order valence-corrected chi connectivity index (χ2v) is 13.2. The van der Waals surface area contributed by atoms with Gasteiger partial charge in [-0.15, -0.1) is 0 Å². The average Bonchev–Trinajstić information content (AvgIpc) is 3.20. The quantitative estimate of drug-likeness (QED) is 0.423. The molecule has 9 unspecified atom stereocenters. The van der Waals surface area contributed by atoms with E-state index >= 15 is 0 Å². The van der Waals surface area contributed by atoms with Crippen LogP contribution in [0.3, 0.4) is 0 Å². The molecule has 5 aliphatic carbocycles. The molecule has 1 nitrogen and oxygen atoms in total. The summed E-state index contributed by atoms with van der Waals surface area (Å²) in [6, 6.07) is 1.66. The van der Waals surface area contributed by atoms with Gasteiger partial charge in [-0.3, -0.25) is 0 Å². The van der Waals surface area contributed by atoms with Gasteiger partial charge in [-0.2, -0.15) is 11.8 Å². The van der Waals surface area contributed by atoms with Crippen LogP contribution in [0.1, 0.15) is 84.0 Å². The molecule has 0 N–H and O–H groups in total. The number of allylic oxidation sites excluding steroid dienone is 5. The lowest BCUT2D eigenvalue weighted by molar-refractivity contribution is 0.0147. The molecule has 0 amide bonds. The molecule has 31 heavy (non-hydrogen) atoms. The lowest BCUT2D eigenvalue weighted by atomic mass is 9.56. The number of hydrogen-bond acceptors (Lipinski definition) is 2. The highest BCUT2D eigenvalue weighted by Gasteiger charge is 2.47. The molecule has 6 aliphatic rings. The van der Waals surface area contributed by atoms with E-state index in [0.717, 1.165) is 52.2 Å². The van der Waals surface area contributed by atoms with Crippen LogP contribution < -0.4 is 0 Å². The Balaban J connectivity index is 1.16. The fourth-order valence-corrected chi connectivity index (χ4v) is 10.7. The third-order valence-corrected chi connectivity index (χ3v) is 12.2. The zero-order valence-electron chi connectivity index (χ0n) is 19.8. The molecule has 0 spiro atoms. The standard InChI is InChI=1S/C29H43NS/c1-3-19-16-20-8-4-5-9-23(20)26-17-21(12-14-24(19)26)30(2)22-13-15-29-27(18-22)25-10-6-7-11-28(25)31-29/h4-5,8,10,19,21-24,26-29H,3,6-7,9,11-18H2,1-2H3. The summed E-state index contributed by atoms with van der Waals surface area (Å²) in [5, 5.41) is 1.83.